The predicted molar refractivity (Wildman–Crippen MR) is 124 cm³/mol. The molecule has 0 fully saturated rings. The maximum Gasteiger partial charge on any atom is 0.238 e. The van der Waals surface area contributed by atoms with Crippen molar-refractivity contribution in [1.29, 1.82) is 0 Å². The smallest absolute Gasteiger partial charge is 0.238 e. The van der Waals surface area contributed by atoms with Crippen LogP contribution in [0, 0.1) is 0 Å². The molecule has 2 aromatic rings. The molecule has 0 spiro atoms. The van der Waals surface area contributed by atoms with Crippen molar-refractivity contribution in [3.05, 3.63) is 59.4 Å². The zero-order valence-corrected chi connectivity index (χ0v) is 18.8. The van der Waals surface area contributed by atoms with Crippen molar-refractivity contribution >= 4 is 48.8 Å². The van der Waals surface area contributed by atoms with Gasteiger partial charge in [0.1, 0.15) is 0 Å². The van der Waals surface area contributed by atoms with Gasteiger partial charge in [-0.1, -0.05) is 31.2 Å². The molecule has 0 unspecified atom stereocenters. The van der Waals surface area contributed by atoms with E-state index < -0.39 is 0 Å². The van der Waals surface area contributed by atoms with Crippen molar-refractivity contribution in [2.75, 3.05) is 18.0 Å². The van der Waals surface area contributed by atoms with Gasteiger partial charge in [0, 0.05) is 19.3 Å². The number of amides is 1. The molecule has 0 atom stereocenters. The average molecular weight is 450 g/mol. The molecule has 0 aliphatic rings. The van der Waals surface area contributed by atoms with Crippen molar-refractivity contribution in [2.45, 2.75) is 39.5 Å². The molecule has 28 heavy (non-hydrogen) atoms. The second-order valence-corrected chi connectivity index (χ2v) is 6.19. The Balaban J connectivity index is 0. The average Bonchev–Trinajstić information content (AvgIpc) is 2.65. The molecule has 158 valence electrons. The molecule has 1 amide bonds. The van der Waals surface area contributed by atoms with Gasteiger partial charge < -0.3 is 4.90 Å². The molecule has 0 saturated carbocycles. The van der Waals surface area contributed by atoms with Crippen molar-refractivity contribution in [3.8, 4) is 0 Å². The Morgan fingerprint density at radius 1 is 1.00 bits per heavy atom. The van der Waals surface area contributed by atoms with Gasteiger partial charge in [-0.05, 0) is 48.9 Å². The van der Waals surface area contributed by atoms with Crippen LogP contribution >= 0.6 is 37.2 Å². The van der Waals surface area contributed by atoms with Gasteiger partial charge in [0.2, 0.25) is 5.91 Å². The summed E-state index contributed by atoms with van der Waals surface area (Å²) >= 11 is 0. The minimum Gasteiger partial charge on any atom is -0.371 e. The normalized spacial score (nSPS) is 9.39. The largest absolute Gasteiger partial charge is 0.371 e. The van der Waals surface area contributed by atoms with Crippen molar-refractivity contribution in [3.63, 3.8) is 0 Å². The Morgan fingerprint density at radius 3 is 2.18 bits per heavy atom. The number of hydrazine groups is 1. The summed E-state index contributed by atoms with van der Waals surface area (Å²) in [5.41, 5.74) is 6.82. The number of pyridine rings is 1. The van der Waals surface area contributed by atoms with Gasteiger partial charge >= 0.3 is 0 Å². The van der Waals surface area contributed by atoms with Gasteiger partial charge in [-0.3, -0.25) is 15.2 Å². The van der Waals surface area contributed by atoms with E-state index in [1.54, 1.807) is 0 Å². The number of nitrogens with one attached hydrogen (secondary N) is 1. The molecule has 0 radical (unpaired) electrons. The van der Waals surface area contributed by atoms with E-state index >= 15 is 0 Å². The third-order valence-corrected chi connectivity index (χ3v) is 4.27. The third-order valence-electron chi connectivity index (χ3n) is 4.27. The minimum atomic E-state index is -0.178. The summed E-state index contributed by atoms with van der Waals surface area (Å²) in [5.74, 6) is 4.94. The highest BCUT2D eigenvalue weighted by Gasteiger charge is 2.06. The van der Waals surface area contributed by atoms with Crippen LogP contribution < -0.4 is 16.2 Å². The molecule has 0 saturated heterocycles. The van der Waals surface area contributed by atoms with E-state index in [9.17, 15) is 4.79 Å². The molecule has 1 heterocycles. The molecule has 1 aromatic carbocycles. The fourth-order valence-corrected chi connectivity index (χ4v) is 2.87. The first-order valence-corrected chi connectivity index (χ1v) is 8.92. The van der Waals surface area contributed by atoms with Crippen LogP contribution in [0.3, 0.4) is 0 Å². The Kier molecular flexibility index (Phi) is 15.8. The highest BCUT2D eigenvalue weighted by molar-refractivity contribution is 5.86. The van der Waals surface area contributed by atoms with Gasteiger partial charge in [0.05, 0.1) is 18.3 Å². The van der Waals surface area contributed by atoms with Crippen LogP contribution in [0.15, 0.2) is 42.7 Å². The first kappa shape index (κ1) is 28.7. The lowest BCUT2D eigenvalue weighted by molar-refractivity contribution is -0.120. The van der Waals surface area contributed by atoms with Gasteiger partial charge in [0.15, 0.2) is 0 Å². The Hall–Kier alpha value is -1.53. The first-order valence-electron chi connectivity index (χ1n) is 8.92. The predicted octanol–water partition coefficient (Wildman–Crippen LogP) is 3.90. The van der Waals surface area contributed by atoms with E-state index in [-0.39, 0.29) is 43.1 Å². The highest BCUT2D eigenvalue weighted by Crippen LogP contribution is 2.16. The summed E-state index contributed by atoms with van der Waals surface area (Å²) in [6.07, 6.45) is 7.24. The van der Waals surface area contributed by atoms with Gasteiger partial charge in [-0.25, -0.2) is 5.84 Å². The first-order chi connectivity index (χ1) is 12.2. The molecule has 0 aliphatic carbocycles. The zero-order valence-electron chi connectivity index (χ0n) is 16.4. The van der Waals surface area contributed by atoms with E-state index in [1.165, 1.54) is 16.8 Å². The second kappa shape index (κ2) is 15.4. The number of nitrogens with two attached hydrogens (primary N) is 1. The molecule has 5 nitrogen and oxygen atoms in total. The second-order valence-electron chi connectivity index (χ2n) is 6.19. The van der Waals surface area contributed by atoms with Crippen molar-refractivity contribution < 1.29 is 4.79 Å². The van der Waals surface area contributed by atoms with Gasteiger partial charge in [0.25, 0.3) is 0 Å². The standard InChI is InChI=1S/C20H28N4O.3ClH/c1-3-11-24(4-2)19-12-18(14-22-15-19)10-7-16-5-8-17(9-6-16)13-20(25)23-21;;;/h5-6,8-9,12,14-15H,3-4,7,10-11,13,21H2,1-2H3,(H,23,25);3*1H. The van der Waals surface area contributed by atoms with E-state index in [1.807, 2.05) is 24.5 Å². The number of rotatable bonds is 9. The zero-order chi connectivity index (χ0) is 18.1. The molecular weight excluding hydrogens is 419 g/mol. The summed E-state index contributed by atoms with van der Waals surface area (Å²) in [4.78, 5) is 18.0. The van der Waals surface area contributed by atoms with Crippen LogP contribution in [0.25, 0.3) is 0 Å². The van der Waals surface area contributed by atoms with E-state index in [4.69, 9.17) is 5.84 Å². The maximum atomic E-state index is 11.3. The van der Waals surface area contributed by atoms with E-state index in [2.05, 4.69) is 47.4 Å². The molecule has 0 aliphatic heterocycles. The van der Waals surface area contributed by atoms with Crippen LogP contribution in [0.1, 0.15) is 37.0 Å². The number of hydrogen-bond donors (Lipinski definition) is 2. The fraction of sp³-hybridized carbons (Fsp3) is 0.400. The van der Waals surface area contributed by atoms with Crippen LogP contribution in [0.2, 0.25) is 0 Å². The number of carbonyl (C=O) groups excluding carboxylic acids is 1. The SMILES string of the molecule is CCCN(CC)c1cncc(CCc2ccc(CC(=O)NN)cc2)c1.Cl.Cl.Cl. The molecule has 3 N–H and O–H groups in total. The number of hydrogen-bond acceptors (Lipinski definition) is 4. The number of aromatic nitrogens is 1. The molecule has 2 rings (SSSR count). The minimum absolute atomic E-state index is 0. The highest BCUT2D eigenvalue weighted by atomic mass is 35.5. The fourth-order valence-electron chi connectivity index (χ4n) is 2.87. The topological polar surface area (TPSA) is 71.2 Å². The van der Waals surface area contributed by atoms with Crippen molar-refractivity contribution in [2.24, 2.45) is 5.84 Å². The number of nitrogens with zero attached hydrogens (tertiary/aromatic N) is 2. The van der Waals surface area contributed by atoms with E-state index in [0.29, 0.717) is 6.42 Å². The van der Waals surface area contributed by atoms with Crippen LogP contribution in [0.5, 0.6) is 0 Å². The Bertz CT molecular complexity index is 683. The van der Waals surface area contributed by atoms with Crippen LogP contribution in [-0.4, -0.2) is 24.0 Å². The molecular formula is C20H31Cl3N4O. The number of anilines is 1. The van der Waals surface area contributed by atoms with Crippen molar-refractivity contribution in [1.82, 2.24) is 10.4 Å². The number of benzene rings is 1. The molecule has 0 bridgehead atoms. The van der Waals surface area contributed by atoms with Gasteiger partial charge in [-0.2, -0.15) is 0 Å². The van der Waals surface area contributed by atoms with Crippen LogP contribution in [-0.2, 0) is 24.1 Å². The number of carbonyl (C=O) groups is 1. The number of halogens is 3. The monoisotopic (exact) mass is 448 g/mol. The lowest BCUT2D eigenvalue weighted by atomic mass is 10.0. The third kappa shape index (κ3) is 9.11. The van der Waals surface area contributed by atoms with E-state index in [0.717, 1.165) is 37.9 Å². The Labute approximate surface area is 186 Å². The summed E-state index contributed by atoms with van der Waals surface area (Å²) < 4.78 is 0. The summed E-state index contributed by atoms with van der Waals surface area (Å²) in [6.45, 7) is 6.42. The molecule has 1 aromatic heterocycles. The number of aryl methyl sites for hydroxylation is 2. The summed E-state index contributed by atoms with van der Waals surface area (Å²) in [6, 6.07) is 10.4. The summed E-state index contributed by atoms with van der Waals surface area (Å²) in [7, 11) is 0. The lowest BCUT2D eigenvalue weighted by Crippen LogP contribution is -2.31. The molecule has 8 heteroatoms. The summed E-state index contributed by atoms with van der Waals surface area (Å²) in [5, 5.41) is 0. The van der Waals surface area contributed by atoms with Gasteiger partial charge in [-0.15, -0.1) is 37.2 Å². The Morgan fingerprint density at radius 2 is 1.61 bits per heavy atom. The quantitative estimate of drug-likeness (QED) is 0.346. The maximum absolute atomic E-state index is 11.3. The van der Waals surface area contributed by atoms with Crippen LogP contribution in [0.4, 0.5) is 5.69 Å². The lowest BCUT2D eigenvalue weighted by Gasteiger charge is -2.22.